The van der Waals surface area contributed by atoms with E-state index in [1.54, 1.807) is 0 Å². The van der Waals surface area contributed by atoms with E-state index < -0.39 is 26.5 Å². The van der Waals surface area contributed by atoms with Crippen LogP contribution in [0.3, 0.4) is 0 Å². The molecular weight excluding hydrogens is 289 g/mol. The van der Waals surface area contributed by atoms with Crippen LogP contribution in [0.15, 0.2) is 36.4 Å². The van der Waals surface area contributed by atoms with Gasteiger partial charge in [-0.15, -0.1) is 0 Å². The van der Waals surface area contributed by atoms with Crippen LogP contribution in [-0.4, -0.2) is 14.2 Å². The van der Waals surface area contributed by atoms with Crippen molar-refractivity contribution in [3.8, 4) is 0 Å². The first-order chi connectivity index (χ1) is 8.09. The van der Waals surface area contributed by atoms with Crippen molar-refractivity contribution in [1.29, 1.82) is 0 Å². The predicted octanol–water partition coefficient (Wildman–Crippen LogP) is 3.37. The van der Waals surface area contributed by atoms with Gasteiger partial charge in [-0.25, -0.2) is 8.42 Å². The molecule has 0 saturated carbocycles. The van der Waals surface area contributed by atoms with E-state index in [0.717, 1.165) is 6.07 Å². The molecular formula is C11H10ClF3O2S. The Hall–Kier alpha value is -1.01. The van der Waals surface area contributed by atoms with Gasteiger partial charge in [-0.05, 0) is 18.1 Å². The molecule has 0 N–H and O–H groups in total. The van der Waals surface area contributed by atoms with Gasteiger partial charge >= 0.3 is 6.18 Å². The minimum absolute atomic E-state index is 0.0182. The normalized spacial score (nSPS) is 12.4. The van der Waals surface area contributed by atoms with Crippen LogP contribution in [0.25, 0.3) is 0 Å². The monoisotopic (exact) mass is 298 g/mol. The van der Waals surface area contributed by atoms with E-state index in [0.29, 0.717) is 0 Å². The molecule has 1 rings (SSSR count). The zero-order valence-electron chi connectivity index (χ0n) is 9.17. The summed E-state index contributed by atoms with van der Waals surface area (Å²) >= 11 is 0. The molecule has 0 aromatic heterocycles. The summed E-state index contributed by atoms with van der Waals surface area (Å²) in [4.78, 5) is 0. The molecule has 0 spiro atoms. The lowest BCUT2D eigenvalue weighted by Crippen LogP contribution is -2.11. The second-order valence-corrected chi connectivity index (χ2v) is 6.54. The third-order valence-electron chi connectivity index (χ3n) is 2.14. The van der Waals surface area contributed by atoms with E-state index in [9.17, 15) is 21.6 Å². The van der Waals surface area contributed by atoms with Crippen molar-refractivity contribution in [3.63, 3.8) is 0 Å². The van der Waals surface area contributed by atoms with Crippen molar-refractivity contribution in [3.05, 3.63) is 47.5 Å². The molecule has 100 valence electrons. The molecule has 0 atom stereocenters. The fraction of sp³-hybridized carbons (Fsp3) is 0.273. The lowest BCUT2D eigenvalue weighted by molar-refractivity contribution is -0.138. The van der Waals surface area contributed by atoms with Crippen LogP contribution in [0.5, 0.6) is 0 Å². The van der Waals surface area contributed by atoms with Crippen LogP contribution in [0.1, 0.15) is 11.1 Å². The topological polar surface area (TPSA) is 34.1 Å². The highest BCUT2D eigenvalue weighted by Gasteiger charge is 2.32. The van der Waals surface area contributed by atoms with Crippen molar-refractivity contribution in [2.24, 2.45) is 0 Å². The Bertz CT molecular complexity index is 550. The summed E-state index contributed by atoms with van der Waals surface area (Å²) in [6.45, 7) is 3.43. The average Bonchev–Trinajstić information content (AvgIpc) is 2.13. The van der Waals surface area contributed by atoms with E-state index in [2.05, 4.69) is 6.58 Å². The number of rotatable bonds is 4. The highest BCUT2D eigenvalue weighted by molar-refractivity contribution is 8.13. The Balaban J connectivity index is 2.96. The number of halogens is 4. The summed E-state index contributed by atoms with van der Waals surface area (Å²) in [5.74, 6) is -0.541. The Kier molecular flexibility index (Phi) is 4.45. The van der Waals surface area contributed by atoms with Gasteiger partial charge in [0.05, 0.1) is 11.3 Å². The molecule has 0 heterocycles. The molecule has 0 bridgehead atoms. The van der Waals surface area contributed by atoms with Crippen molar-refractivity contribution in [1.82, 2.24) is 0 Å². The molecule has 1 aromatic rings. The molecule has 0 fully saturated rings. The maximum Gasteiger partial charge on any atom is 0.416 e. The summed E-state index contributed by atoms with van der Waals surface area (Å²) < 4.78 is 59.6. The first kappa shape index (κ1) is 15.0. The zero-order valence-corrected chi connectivity index (χ0v) is 10.7. The fourth-order valence-corrected chi connectivity index (χ4v) is 2.57. The standard InChI is InChI=1S/C11H10ClF3O2S/c1-8(7-18(12,16)17)6-9-4-2-3-5-10(9)11(13,14)15/h2-5H,1,6-7H2. The summed E-state index contributed by atoms with van der Waals surface area (Å²) in [7, 11) is 1.21. The minimum Gasteiger partial charge on any atom is -0.212 e. The number of hydrogen-bond acceptors (Lipinski definition) is 2. The van der Waals surface area contributed by atoms with Gasteiger partial charge in [0, 0.05) is 10.7 Å². The van der Waals surface area contributed by atoms with Crippen LogP contribution >= 0.6 is 10.7 Å². The van der Waals surface area contributed by atoms with E-state index in [4.69, 9.17) is 10.7 Å². The average molecular weight is 299 g/mol. The molecule has 0 unspecified atom stereocenters. The van der Waals surface area contributed by atoms with Crippen molar-refractivity contribution in [2.75, 3.05) is 5.75 Å². The molecule has 0 radical (unpaired) electrons. The quantitative estimate of drug-likeness (QED) is 0.631. The first-order valence-corrected chi connectivity index (χ1v) is 7.31. The number of hydrogen-bond donors (Lipinski definition) is 0. The molecule has 2 nitrogen and oxygen atoms in total. The van der Waals surface area contributed by atoms with Gasteiger partial charge in [0.25, 0.3) is 0 Å². The third kappa shape index (κ3) is 4.70. The Morgan fingerprint density at radius 1 is 1.28 bits per heavy atom. The van der Waals surface area contributed by atoms with Crippen LogP contribution in [0.2, 0.25) is 0 Å². The SMILES string of the molecule is C=C(Cc1ccccc1C(F)(F)F)CS(=O)(=O)Cl. The van der Waals surface area contributed by atoms with Gasteiger partial charge in [0.2, 0.25) is 9.05 Å². The van der Waals surface area contributed by atoms with Gasteiger partial charge in [-0.2, -0.15) is 13.2 Å². The molecule has 0 aliphatic heterocycles. The maximum atomic E-state index is 12.7. The zero-order chi connectivity index (χ0) is 14.0. The van der Waals surface area contributed by atoms with E-state index in [1.807, 2.05) is 0 Å². The molecule has 0 aliphatic rings. The lowest BCUT2D eigenvalue weighted by atomic mass is 10.0. The summed E-state index contributed by atoms with van der Waals surface area (Å²) in [5, 5.41) is 0. The summed E-state index contributed by atoms with van der Waals surface area (Å²) in [5.41, 5.74) is -0.699. The number of benzene rings is 1. The highest BCUT2D eigenvalue weighted by atomic mass is 35.7. The van der Waals surface area contributed by atoms with Gasteiger partial charge < -0.3 is 0 Å². The Morgan fingerprint density at radius 3 is 2.33 bits per heavy atom. The second-order valence-electron chi connectivity index (χ2n) is 3.76. The Labute approximate surface area is 107 Å². The second kappa shape index (κ2) is 5.32. The fourth-order valence-electron chi connectivity index (χ4n) is 1.52. The largest absolute Gasteiger partial charge is 0.416 e. The molecule has 0 amide bonds. The minimum atomic E-state index is -4.48. The van der Waals surface area contributed by atoms with Gasteiger partial charge in [-0.1, -0.05) is 30.4 Å². The van der Waals surface area contributed by atoms with Crippen molar-refractivity contribution < 1.29 is 21.6 Å². The summed E-state index contributed by atoms with van der Waals surface area (Å²) in [6, 6.07) is 4.95. The van der Waals surface area contributed by atoms with E-state index >= 15 is 0 Å². The van der Waals surface area contributed by atoms with Crippen molar-refractivity contribution in [2.45, 2.75) is 12.6 Å². The molecule has 7 heteroatoms. The van der Waals surface area contributed by atoms with Gasteiger partial charge in [-0.3, -0.25) is 0 Å². The summed E-state index contributed by atoms with van der Waals surface area (Å²) in [6.07, 6.45) is -4.65. The molecule has 0 saturated heterocycles. The van der Waals surface area contributed by atoms with E-state index in [1.165, 1.54) is 18.2 Å². The third-order valence-corrected chi connectivity index (χ3v) is 3.22. The molecule has 0 aliphatic carbocycles. The maximum absolute atomic E-state index is 12.7. The van der Waals surface area contributed by atoms with Gasteiger partial charge in [0.15, 0.2) is 0 Å². The van der Waals surface area contributed by atoms with Crippen molar-refractivity contribution >= 4 is 19.7 Å². The van der Waals surface area contributed by atoms with Crippen LogP contribution < -0.4 is 0 Å². The molecule has 1 aromatic carbocycles. The first-order valence-electron chi connectivity index (χ1n) is 4.83. The van der Waals surface area contributed by atoms with Crippen LogP contribution in [-0.2, 0) is 21.6 Å². The van der Waals surface area contributed by atoms with Crippen LogP contribution in [0, 0.1) is 0 Å². The number of alkyl halides is 3. The Morgan fingerprint density at radius 2 is 1.83 bits per heavy atom. The van der Waals surface area contributed by atoms with E-state index in [-0.39, 0.29) is 17.6 Å². The van der Waals surface area contributed by atoms with Gasteiger partial charge in [0.1, 0.15) is 0 Å². The molecule has 18 heavy (non-hydrogen) atoms. The lowest BCUT2D eigenvalue weighted by Gasteiger charge is -2.13. The van der Waals surface area contributed by atoms with Crippen LogP contribution in [0.4, 0.5) is 13.2 Å². The highest BCUT2D eigenvalue weighted by Crippen LogP contribution is 2.32. The smallest absolute Gasteiger partial charge is 0.212 e. The predicted molar refractivity (Wildman–Crippen MR) is 63.9 cm³/mol.